The molecule has 0 aromatic heterocycles. The van der Waals surface area contributed by atoms with Crippen LogP contribution in [0.5, 0.6) is 0 Å². The predicted octanol–water partition coefficient (Wildman–Crippen LogP) is 4.78. The molecule has 1 aliphatic heterocycles. The number of hydrogen-bond donors (Lipinski definition) is 3. The average Bonchev–Trinajstić information content (AvgIpc) is 3.48. The fourth-order valence-corrected chi connectivity index (χ4v) is 5.63. The molecule has 206 valence electrons. The predicted molar refractivity (Wildman–Crippen MR) is 160 cm³/mol. The number of fused-ring (bicyclic) bond motifs is 2. The monoisotopic (exact) mass is 536 g/mol. The summed E-state index contributed by atoms with van der Waals surface area (Å²) in [6, 6.07) is 26.2. The van der Waals surface area contributed by atoms with Crippen LogP contribution in [0.2, 0.25) is 0 Å². The number of rotatable bonds is 10. The Balaban J connectivity index is 1.29. The van der Waals surface area contributed by atoms with E-state index < -0.39 is 12.1 Å². The summed E-state index contributed by atoms with van der Waals surface area (Å²) in [7, 11) is 0. The van der Waals surface area contributed by atoms with E-state index in [1.807, 2.05) is 84.9 Å². The largest absolute Gasteiger partial charge is 0.343 e. The topological polar surface area (TPSA) is 105 Å². The van der Waals surface area contributed by atoms with Crippen LogP contribution in [-0.4, -0.2) is 47.8 Å². The number of nitrogens with zero attached hydrogens (tertiary/aromatic N) is 1. The molecule has 0 radical (unpaired) electrons. The third-order valence-electron chi connectivity index (χ3n) is 7.72. The number of carbonyl (C=O) groups is 3. The van der Waals surface area contributed by atoms with Crippen molar-refractivity contribution in [3.8, 4) is 0 Å². The molecule has 1 saturated heterocycles. The number of anilines is 1. The van der Waals surface area contributed by atoms with E-state index in [4.69, 9.17) is 5.73 Å². The Bertz CT molecular complexity index is 1510. The lowest BCUT2D eigenvalue weighted by Gasteiger charge is -2.27. The second-order valence-electron chi connectivity index (χ2n) is 10.4. The highest BCUT2D eigenvalue weighted by atomic mass is 16.2. The van der Waals surface area contributed by atoms with Gasteiger partial charge in [0.05, 0.1) is 6.42 Å². The van der Waals surface area contributed by atoms with E-state index in [1.54, 1.807) is 4.90 Å². The summed E-state index contributed by atoms with van der Waals surface area (Å²) in [5, 5.41) is 10.1. The second kappa shape index (κ2) is 12.7. The summed E-state index contributed by atoms with van der Waals surface area (Å²) in [4.78, 5) is 42.1. The highest BCUT2D eigenvalue weighted by Crippen LogP contribution is 2.25. The smallest absolute Gasteiger partial charge is 0.246 e. The molecule has 3 amide bonds. The van der Waals surface area contributed by atoms with Crippen LogP contribution < -0.4 is 16.4 Å². The van der Waals surface area contributed by atoms with Gasteiger partial charge in [-0.05, 0) is 66.4 Å². The summed E-state index contributed by atoms with van der Waals surface area (Å²) in [5.74, 6) is -0.628. The second-order valence-corrected chi connectivity index (χ2v) is 10.4. The standard InChI is InChI=1S/C33H36N4O3/c34-20-6-5-17-29(32(39)35-28-18-8-13-24-11-2-4-16-27(24)28)36-33(40)30-19-9-21-37(30)31(38)22-25-14-7-12-23-10-1-3-15-26(23)25/h1-4,7-8,10-16,18,29-30H,5-6,9,17,19-22,34H2,(H,35,39)(H,36,40)/t29-,30-/m0/s1. The van der Waals surface area contributed by atoms with Crippen molar-refractivity contribution in [3.05, 3.63) is 90.5 Å². The minimum atomic E-state index is -0.728. The van der Waals surface area contributed by atoms with Crippen LogP contribution in [0.4, 0.5) is 5.69 Å². The quantitative estimate of drug-likeness (QED) is 0.254. The zero-order valence-electron chi connectivity index (χ0n) is 22.6. The van der Waals surface area contributed by atoms with Gasteiger partial charge in [-0.1, -0.05) is 78.9 Å². The number of likely N-dealkylation sites (tertiary alicyclic amines) is 1. The maximum absolute atomic E-state index is 13.5. The Kier molecular flexibility index (Phi) is 8.71. The molecule has 0 unspecified atom stereocenters. The van der Waals surface area contributed by atoms with Gasteiger partial charge in [0, 0.05) is 17.6 Å². The summed E-state index contributed by atoms with van der Waals surface area (Å²) >= 11 is 0. The van der Waals surface area contributed by atoms with Crippen molar-refractivity contribution < 1.29 is 14.4 Å². The Morgan fingerprint density at radius 2 is 1.52 bits per heavy atom. The van der Waals surface area contributed by atoms with Crippen LogP contribution in [-0.2, 0) is 20.8 Å². The van der Waals surface area contributed by atoms with Crippen molar-refractivity contribution in [3.63, 3.8) is 0 Å². The number of nitrogens with two attached hydrogens (primary N) is 1. The van der Waals surface area contributed by atoms with Gasteiger partial charge in [-0.15, -0.1) is 0 Å². The van der Waals surface area contributed by atoms with Gasteiger partial charge in [0.1, 0.15) is 12.1 Å². The van der Waals surface area contributed by atoms with Crippen LogP contribution in [0.1, 0.15) is 37.7 Å². The fourth-order valence-electron chi connectivity index (χ4n) is 5.63. The van der Waals surface area contributed by atoms with E-state index in [0.717, 1.165) is 39.9 Å². The summed E-state index contributed by atoms with van der Waals surface area (Å²) in [6.45, 7) is 1.05. The van der Waals surface area contributed by atoms with Crippen molar-refractivity contribution in [2.45, 2.75) is 50.6 Å². The first-order valence-corrected chi connectivity index (χ1v) is 14.1. The Labute approximate surface area is 234 Å². The van der Waals surface area contributed by atoms with Gasteiger partial charge in [-0.3, -0.25) is 14.4 Å². The molecule has 7 nitrogen and oxygen atoms in total. The van der Waals surface area contributed by atoms with Crippen LogP contribution in [0, 0.1) is 0 Å². The zero-order valence-corrected chi connectivity index (χ0v) is 22.6. The van der Waals surface area contributed by atoms with Gasteiger partial charge in [0.2, 0.25) is 17.7 Å². The third kappa shape index (κ3) is 6.15. The van der Waals surface area contributed by atoms with Gasteiger partial charge in [-0.25, -0.2) is 0 Å². The first kappa shape index (κ1) is 27.3. The first-order valence-electron chi connectivity index (χ1n) is 14.1. The molecule has 0 bridgehead atoms. The molecule has 4 aromatic rings. The van der Waals surface area contributed by atoms with Crippen molar-refractivity contribution in [1.82, 2.24) is 10.2 Å². The Hall–Kier alpha value is -4.23. The molecule has 0 saturated carbocycles. The van der Waals surface area contributed by atoms with Gasteiger partial charge < -0.3 is 21.3 Å². The summed E-state index contributed by atoms with van der Waals surface area (Å²) in [6.07, 6.45) is 3.49. The molecular weight excluding hydrogens is 500 g/mol. The normalized spacial score (nSPS) is 15.7. The zero-order chi connectivity index (χ0) is 27.9. The lowest BCUT2D eigenvalue weighted by atomic mass is 10.0. The Morgan fingerprint density at radius 1 is 0.850 bits per heavy atom. The maximum Gasteiger partial charge on any atom is 0.246 e. The van der Waals surface area contributed by atoms with Gasteiger partial charge >= 0.3 is 0 Å². The van der Waals surface area contributed by atoms with Crippen molar-refractivity contribution >= 4 is 45.0 Å². The fraction of sp³-hybridized carbons (Fsp3) is 0.303. The third-order valence-corrected chi connectivity index (χ3v) is 7.72. The van der Waals surface area contributed by atoms with Crippen molar-refractivity contribution in [2.75, 3.05) is 18.4 Å². The number of unbranched alkanes of at least 4 members (excludes halogenated alkanes) is 1. The number of hydrogen-bond acceptors (Lipinski definition) is 4. The van der Waals surface area contributed by atoms with Gasteiger partial charge in [0.15, 0.2) is 0 Å². The number of amides is 3. The molecule has 0 spiro atoms. The first-order chi connectivity index (χ1) is 19.5. The van der Waals surface area contributed by atoms with E-state index in [2.05, 4.69) is 10.6 Å². The molecule has 7 heteroatoms. The molecular formula is C33H36N4O3. The highest BCUT2D eigenvalue weighted by Gasteiger charge is 2.35. The van der Waals surface area contributed by atoms with Crippen LogP contribution in [0.15, 0.2) is 84.9 Å². The minimum Gasteiger partial charge on any atom is -0.343 e. The summed E-state index contributed by atoms with van der Waals surface area (Å²) < 4.78 is 0. The SMILES string of the molecule is NCCCC[C@H](NC(=O)[C@@H]1CCCN1C(=O)Cc1cccc2ccccc12)C(=O)Nc1cccc2ccccc12. The number of carbonyl (C=O) groups excluding carboxylic acids is 3. The average molecular weight is 537 g/mol. The molecule has 5 rings (SSSR count). The van der Waals surface area contributed by atoms with Gasteiger partial charge in [-0.2, -0.15) is 0 Å². The maximum atomic E-state index is 13.5. The van der Waals surface area contributed by atoms with E-state index in [-0.39, 0.29) is 24.1 Å². The molecule has 1 heterocycles. The van der Waals surface area contributed by atoms with Crippen LogP contribution in [0.3, 0.4) is 0 Å². The lowest BCUT2D eigenvalue weighted by Crippen LogP contribution is -2.52. The van der Waals surface area contributed by atoms with Crippen LogP contribution in [0.25, 0.3) is 21.5 Å². The van der Waals surface area contributed by atoms with E-state index in [9.17, 15) is 14.4 Å². The number of benzene rings is 4. The molecule has 0 aliphatic carbocycles. The molecule has 1 aliphatic rings. The Morgan fingerprint density at radius 3 is 2.30 bits per heavy atom. The van der Waals surface area contributed by atoms with Gasteiger partial charge in [0.25, 0.3) is 0 Å². The van der Waals surface area contributed by atoms with Crippen molar-refractivity contribution in [1.29, 1.82) is 0 Å². The molecule has 4 N–H and O–H groups in total. The summed E-state index contributed by atoms with van der Waals surface area (Å²) in [5.41, 5.74) is 7.34. The molecule has 1 fully saturated rings. The van der Waals surface area contributed by atoms with E-state index in [1.165, 1.54) is 0 Å². The van der Waals surface area contributed by atoms with Crippen molar-refractivity contribution in [2.24, 2.45) is 5.73 Å². The number of nitrogens with one attached hydrogen (secondary N) is 2. The van der Waals surface area contributed by atoms with Crippen LogP contribution >= 0.6 is 0 Å². The lowest BCUT2D eigenvalue weighted by molar-refractivity contribution is -0.138. The molecule has 40 heavy (non-hydrogen) atoms. The molecule has 2 atom stereocenters. The minimum absolute atomic E-state index is 0.0751. The van der Waals surface area contributed by atoms with E-state index >= 15 is 0 Å². The molecule has 4 aromatic carbocycles. The van der Waals surface area contributed by atoms with E-state index in [0.29, 0.717) is 38.0 Å². The highest BCUT2D eigenvalue weighted by molar-refractivity contribution is 6.05.